The van der Waals surface area contributed by atoms with Gasteiger partial charge in [0.2, 0.25) is 0 Å². The van der Waals surface area contributed by atoms with E-state index in [0.717, 1.165) is 12.6 Å². The first-order valence-electron chi connectivity index (χ1n) is 6.16. The van der Waals surface area contributed by atoms with Crippen molar-refractivity contribution in [2.45, 2.75) is 32.8 Å². The van der Waals surface area contributed by atoms with Gasteiger partial charge in [-0.2, -0.15) is 0 Å². The highest BCUT2D eigenvalue weighted by molar-refractivity contribution is 5.19. The summed E-state index contributed by atoms with van der Waals surface area (Å²) < 4.78 is 26.0. The number of benzene rings is 1. The van der Waals surface area contributed by atoms with Crippen LogP contribution in [0.15, 0.2) is 18.2 Å². The van der Waals surface area contributed by atoms with Crippen LogP contribution in [0.25, 0.3) is 0 Å². The Hall–Kier alpha value is -1.00. The van der Waals surface area contributed by atoms with Gasteiger partial charge < -0.3 is 10.4 Å². The van der Waals surface area contributed by atoms with Crippen molar-refractivity contribution in [2.24, 2.45) is 5.92 Å². The third kappa shape index (κ3) is 5.56. The van der Waals surface area contributed by atoms with Crippen LogP contribution in [0, 0.1) is 17.6 Å². The molecule has 2 N–H and O–H groups in total. The fourth-order valence-corrected chi connectivity index (χ4v) is 1.85. The molecule has 1 unspecified atom stereocenters. The molecule has 0 saturated carbocycles. The monoisotopic (exact) mass is 257 g/mol. The Bertz CT molecular complexity index is 371. The van der Waals surface area contributed by atoms with Crippen LogP contribution in [0.4, 0.5) is 8.78 Å². The first-order valence-corrected chi connectivity index (χ1v) is 6.16. The predicted octanol–water partition coefficient (Wildman–Crippen LogP) is 2.50. The molecule has 1 atom stereocenters. The van der Waals surface area contributed by atoms with Gasteiger partial charge in [0.25, 0.3) is 0 Å². The molecular formula is C14H21F2NO. The van der Waals surface area contributed by atoms with Crippen LogP contribution in [0.2, 0.25) is 0 Å². The molecule has 0 aliphatic heterocycles. The van der Waals surface area contributed by atoms with Gasteiger partial charge in [0.1, 0.15) is 11.6 Å². The lowest BCUT2D eigenvalue weighted by atomic mass is 9.96. The zero-order chi connectivity index (χ0) is 13.8. The number of aliphatic hydroxyl groups is 1. The molecule has 0 amide bonds. The van der Waals surface area contributed by atoms with Crippen LogP contribution in [0.1, 0.15) is 26.3 Å². The fourth-order valence-electron chi connectivity index (χ4n) is 1.85. The largest absolute Gasteiger partial charge is 0.389 e. The Morgan fingerprint density at radius 3 is 2.28 bits per heavy atom. The van der Waals surface area contributed by atoms with Crippen LogP contribution in [-0.4, -0.2) is 23.8 Å². The van der Waals surface area contributed by atoms with Gasteiger partial charge in [-0.05, 0) is 37.1 Å². The van der Waals surface area contributed by atoms with E-state index in [4.69, 9.17) is 0 Å². The van der Waals surface area contributed by atoms with Crippen LogP contribution < -0.4 is 5.32 Å². The highest BCUT2D eigenvalue weighted by atomic mass is 19.1. The SMILES string of the molecule is CC(C)CNCC(C)(O)Cc1cc(F)cc(F)c1. The van der Waals surface area contributed by atoms with E-state index in [2.05, 4.69) is 19.2 Å². The van der Waals surface area contributed by atoms with Crippen molar-refractivity contribution in [1.29, 1.82) is 0 Å². The minimum Gasteiger partial charge on any atom is -0.389 e. The van der Waals surface area contributed by atoms with Gasteiger partial charge in [-0.3, -0.25) is 0 Å². The van der Waals surface area contributed by atoms with E-state index in [1.807, 2.05) is 0 Å². The van der Waals surface area contributed by atoms with E-state index in [0.29, 0.717) is 18.0 Å². The second kappa shape index (κ2) is 6.25. The molecule has 0 aromatic heterocycles. The maximum Gasteiger partial charge on any atom is 0.126 e. The number of hydrogen-bond donors (Lipinski definition) is 2. The van der Waals surface area contributed by atoms with E-state index in [1.54, 1.807) is 6.92 Å². The van der Waals surface area contributed by atoms with E-state index in [1.165, 1.54) is 12.1 Å². The Kier molecular flexibility index (Phi) is 5.23. The normalized spacial score (nSPS) is 14.8. The molecule has 4 heteroatoms. The van der Waals surface area contributed by atoms with Crippen molar-refractivity contribution in [1.82, 2.24) is 5.32 Å². The number of hydrogen-bond acceptors (Lipinski definition) is 2. The van der Waals surface area contributed by atoms with Gasteiger partial charge in [0, 0.05) is 19.0 Å². The molecule has 1 rings (SSSR count). The average molecular weight is 257 g/mol. The molecule has 0 aliphatic rings. The molecule has 0 saturated heterocycles. The lowest BCUT2D eigenvalue weighted by Crippen LogP contribution is -2.40. The van der Waals surface area contributed by atoms with Crippen LogP contribution in [-0.2, 0) is 6.42 Å². The zero-order valence-electron chi connectivity index (χ0n) is 11.1. The van der Waals surface area contributed by atoms with Crippen molar-refractivity contribution < 1.29 is 13.9 Å². The van der Waals surface area contributed by atoms with E-state index < -0.39 is 17.2 Å². The first-order chi connectivity index (χ1) is 8.28. The number of nitrogens with one attached hydrogen (secondary N) is 1. The lowest BCUT2D eigenvalue weighted by Gasteiger charge is -2.24. The van der Waals surface area contributed by atoms with Gasteiger partial charge in [-0.25, -0.2) is 8.78 Å². The standard InChI is InChI=1S/C14H21F2NO/c1-10(2)8-17-9-14(3,18)7-11-4-12(15)6-13(16)5-11/h4-6,10,17-18H,7-9H2,1-3H3. The van der Waals surface area contributed by atoms with Crippen molar-refractivity contribution in [3.8, 4) is 0 Å². The van der Waals surface area contributed by atoms with E-state index in [-0.39, 0.29) is 6.42 Å². The quantitative estimate of drug-likeness (QED) is 0.820. The Balaban J connectivity index is 2.58. The number of halogens is 2. The molecule has 0 fully saturated rings. The second-order valence-electron chi connectivity index (χ2n) is 5.48. The molecule has 18 heavy (non-hydrogen) atoms. The summed E-state index contributed by atoms with van der Waals surface area (Å²) in [5, 5.41) is 13.3. The Morgan fingerprint density at radius 1 is 1.22 bits per heavy atom. The zero-order valence-corrected chi connectivity index (χ0v) is 11.1. The summed E-state index contributed by atoms with van der Waals surface area (Å²) in [6.07, 6.45) is 0.215. The average Bonchev–Trinajstić information content (AvgIpc) is 2.12. The van der Waals surface area contributed by atoms with Crippen LogP contribution in [0.3, 0.4) is 0 Å². The summed E-state index contributed by atoms with van der Waals surface area (Å²) in [6, 6.07) is 3.33. The predicted molar refractivity (Wildman–Crippen MR) is 68.4 cm³/mol. The number of rotatable bonds is 6. The highest BCUT2D eigenvalue weighted by Crippen LogP contribution is 2.15. The molecule has 102 valence electrons. The van der Waals surface area contributed by atoms with Gasteiger partial charge in [0.15, 0.2) is 0 Å². The molecule has 1 aromatic rings. The lowest BCUT2D eigenvalue weighted by molar-refractivity contribution is 0.0594. The van der Waals surface area contributed by atoms with E-state index >= 15 is 0 Å². The maximum absolute atomic E-state index is 13.0. The summed E-state index contributed by atoms with van der Waals surface area (Å²) >= 11 is 0. The fraction of sp³-hybridized carbons (Fsp3) is 0.571. The molecule has 0 spiro atoms. The Labute approximate surface area is 107 Å². The van der Waals surface area contributed by atoms with Gasteiger partial charge in [0.05, 0.1) is 5.60 Å². The minimum atomic E-state index is -1.02. The third-order valence-electron chi connectivity index (χ3n) is 2.57. The van der Waals surface area contributed by atoms with Gasteiger partial charge in [-0.1, -0.05) is 13.8 Å². The summed E-state index contributed by atoms with van der Waals surface area (Å²) in [5.74, 6) is -0.737. The topological polar surface area (TPSA) is 32.3 Å². The van der Waals surface area contributed by atoms with Gasteiger partial charge >= 0.3 is 0 Å². The molecule has 0 aliphatic carbocycles. The van der Waals surface area contributed by atoms with Crippen molar-refractivity contribution in [2.75, 3.05) is 13.1 Å². The van der Waals surface area contributed by atoms with Gasteiger partial charge in [-0.15, -0.1) is 0 Å². The molecule has 0 radical (unpaired) electrons. The molecule has 1 aromatic carbocycles. The van der Waals surface area contributed by atoms with Crippen molar-refractivity contribution in [3.05, 3.63) is 35.4 Å². The Morgan fingerprint density at radius 2 is 1.78 bits per heavy atom. The smallest absolute Gasteiger partial charge is 0.126 e. The molecular weight excluding hydrogens is 236 g/mol. The third-order valence-corrected chi connectivity index (χ3v) is 2.57. The summed E-state index contributed by atoms with van der Waals surface area (Å²) in [6.45, 7) is 6.99. The van der Waals surface area contributed by atoms with Crippen molar-refractivity contribution in [3.63, 3.8) is 0 Å². The highest BCUT2D eigenvalue weighted by Gasteiger charge is 2.21. The summed E-state index contributed by atoms with van der Waals surface area (Å²) in [7, 11) is 0. The first kappa shape index (κ1) is 15.1. The molecule has 0 bridgehead atoms. The van der Waals surface area contributed by atoms with Crippen LogP contribution in [0.5, 0.6) is 0 Å². The minimum absolute atomic E-state index is 0.215. The summed E-state index contributed by atoms with van der Waals surface area (Å²) in [4.78, 5) is 0. The molecule has 0 heterocycles. The van der Waals surface area contributed by atoms with E-state index in [9.17, 15) is 13.9 Å². The van der Waals surface area contributed by atoms with Crippen LogP contribution >= 0.6 is 0 Å². The second-order valence-corrected chi connectivity index (χ2v) is 5.48. The summed E-state index contributed by atoms with van der Waals surface area (Å²) in [5.41, 5.74) is -0.557. The van der Waals surface area contributed by atoms with Crippen molar-refractivity contribution >= 4 is 0 Å². The maximum atomic E-state index is 13.0. The molecule has 2 nitrogen and oxygen atoms in total.